The maximum atomic E-state index is 12.9. The molecule has 0 unspecified atom stereocenters. The van der Waals surface area contributed by atoms with Crippen molar-refractivity contribution in [2.45, 2.75) is 4.90 Å². The number of nitrogens with one attached hydrogen (secondary N) is 3. The van der Waals surface area contributed by atoms with Crippen molar-refractivity contribution < 1.29 is 17.5 Å². The SMILES string of the molecule is COCCNC(=S)Nc1ccc(NS(=O)(=O)c2ccc(F)cc2)cc1. The van der Waals surface area contributed by atoms with E-state index in [2.05, 4.69) is 15.4 Å². The summed E-state index contributed by atoms with van der Waals surface area (Å²) in [5.41, 5.74) is 1.09. The number of hydrogen-bond acceptors (Lipinski definition) is 4. The van der Waals surface area contributed by atoms with Gasteiger partial charge >= 0.3 is 0 Å². The maximum Gasteiger partial charge on any atom is 0.261 e. The minimum atomic E-state index is -3.77. The number of thiocarbonyl (C=S) groups is 1. The van der Waals surface area contributed by atoms with E-state index in [0.717, 1.165) is 12.1 Å². The molecule has 0 atom stereocenters. The lowest BCUT2D eigenvalue weighted by Crippen LogP contribution is -2.31. The molecule has 2 aromatic carbocycles. The van der Waals surface area contributed by atoms with Gasteiger partial charge in [-0.3, -0.25) is 4.72 Å². The van der Waals surface area contributed by atoms with Crippen LogP contribution in [0.15, 0.2) is 53.4 Å². The number of ether oxygens (including phenoxy) is 1. The minimum Gasteiger partial charge on any atom is -0.383 e. The molecule has 0 heterocycles. The van der Waals surface area contributed by atoms with Gasteiger partial charge in [-0.15, -0.1) is 0 Å². The van der Waals surface area contributed by atoms with Gasteiger partial charge in [0, 0.05) is 25.0 Å². The van der Waals surface area contributed by atoms with Gasteiger partial charge < -0.3 is 15.4 Å². The van der Waals surface area contributed by atoms with Crippen LogP contribution >= 0.6 is 12.2 Å². The number of anilines is 2. The van der Waals surface area contributed by atoms with Crippen LogP contribution in [0.1, 0.15) is 0 Å². The molecule has 0 amide bonds. The molecular weight excluding hydrogens is 365 g/mol. The van der Waals surface area contributed by atoms with E-state index >= 15 is 0 Å². The molecule has 3 N–H and O–H groups in total. The molecule has 0 radical (unpaired) electrons. The predicted octanol–water partition coefficient (Wildman–Crippen LogP) is 2.56. The van der Waals surface area contributed by atoms with Crippen LogP contribution in [0, 0.1) is 5.82 Å². The van der Waals surface area contributed by atoms with Crippen LogP contribution in [0.25, 0.3) is 0 Å². The Kier molecular flexibility index (Phi) is 6.68. The third-order valence-electron chi connectivity index (χ3n) is 3.11. The van der Waals surface area contributed by atoms with Crippen molar-refractivity contribution in [3.8, 4) is 0 Å². The number of halogens is 1. The molecule has 0 saturated carbocycles. The highest BCUT2D eigenvalue weighted by Crippen LogP contribution is 2.18. The zero-order valence-electron chi connectivity index (χ0n) is 13.5. The third kappa shape index (κ3) is 5.96. The zero-order valence-corrected chi connectivity index (χ0v) is 15.1. The van der Waals surface area contributed by atoms with Crippen LogP contribution in [-0.4, -0.2) is 33.8 Å². The molecular formula is C16H18FN3O3S2. The molecule has 0 aromatic heterocycles. The molecule has 0 fully saturated rings. The number of hydrogen-bond donors (Lipinski definition) is 3. The molecule has 0 bridgehead atoms. The highest BCUT2D eigenvalue weighted by molar-refractivity contribution is 7.92. The summed E-state index contributed by atoms with van der Waals surface area (Å²) >= 11 is 5.12. The maximum absolute atomic E-state index is 12.9. The van der Waals surface area contributed by atoms with Gasteiger partial charge in [0.25, 0.3) is 10.0 Å². The molecule has 134 valence electrons. The van der Waals surface area contributed by atoms with Gasteiger partial charge in [-0.2, -0.15) is 0 Å². The van der Waals surface area contributed by atoms with E-state index in [1.807, 2.05) is 0 Å². The summed E-state index contributed by atoms with van der Waals surface area (Å²) in [4.78, 5) is -0.0142. The molecule has 0 aliphatic rings. The lowest BCUT2D eigenvalue weighted by atomic mass is 10.3. The Bertz CT molecular complexity index is 810. The molecule has 0 aliphatic heterocycles. The van der Waals surface area contributed by atoms with E-state index in [0.29, 0.717) is 29.6 Å². The lowest BCUT2D eigenvalue weighted by molar-refractivity contribution is 0.204. The summed E-state index contributed by atoms with van der Waals surface area (Å²) < 4.78 is 44.7. The fourth-order valence-corrected chi connectivity index (χ4v) is 3.17. The second-order valence-corrected chi connectivity index (χ2v) is 7.10. The van der Waals surface area contributed by atoms with Crippen LogP contribution in [0.5, 0.6) is 0 Å². The van der Waals surface area contributed by atoms with Crippen LogP contribution in [-0.2, 0) is 14.8 Å². The first kappa shape index (κ1) is 19.1. The topological polar surface area (TPSA) is 79.5 Å². The number of rotatable bonds is 7. The van der Waals surface area contributed by atoms with Crippen LogP contribution < -0.4 is 15.4 Å². The first-order valence-corrected chi connectivity index (χ1v) is 9.22. The van der Waals surface area contributed by atoms with Crippen molar-refractivity contribution in [2.75, 3.05) is 30.3 Å². The quantitative estimate of drug-likeness (QED) is 0.504. The standard InChI is InChI=1S/C16H18FN3O3S2/c1-23-11-10-18-16(24)19-13-4-6-14(7-5-13)20-25(21,22)15-8-2-12(17)3-9-15/h2-9,20H,10-11H2,1H3,(H2,18,19,24). The van der Waals surface area contributed by atoms with Crippen LogP contribution in [0.3, 0.4) is 0 Å². The summed E-state index contributed by atoms with van der Waals surface area (Å²) in [6, 6.07) is 11.2. The van der Waals surface area contributed by atoms with Gasteiger partial charge in [0.2, 0.25) is 0 Å². The number of benzene rings is 2. The van der Waals surface area contributed by atoms with E-state index in [-0.39, 0.29) is 4.90 Å². The molecule has 0 aliphatic carbocycles. The zero-order chi connectivity index (χ0) is 18.3. The summed E-state index contributed by atoms with van der Waals surface area (Å²) in [6.07, 6.45) is 0. The molecule has 2 aromatic rings. The second kappa shape index (κ2) is 8.75. The van der Waals surface area contributed by atoms with E-state index in [9.17, 15) is 12.8 Å². The Hall–Kier alpha value is -2.23. The van der Waals surface area contributed by atoms with Crippen molar-refractivity contribution in [3.63, 3.8) is 0 Å². The van der Waals surface area contributed by atoms with Crippen molar-refractivity contribution in [1.29, 1.82) is 0 Å². The summed E-state index contributed by atoms with van der Waals surface area (Å²) in [5.74, 6) is -0.496. The summed E-state index contributed by atoms with van der Waals surface area (Å²) in [7, 11) is -2.17. The Morgan fingerprint density at radius 3 is 2.28 bits per heavy atom. The summed E-state index contributed by atoms with van der Waals surface area (Å²) in [5, 5.41) is 6.38. The molecule has 25 heavy (non-hydrogen) atoms. The Morgan fingerprint density at radius 1 is 1.08 bits per heavy atom. The van der Waals surface area contributed by atoms with Crippen molar-refractivity contribution in [1.82, 2.24) is 5.32 Å². The molecule has 0 saturated heterocycles. The molecule has 0 spiro atoms. The smallest absolute Gasteiger partial charge is 0.261 e. The monoisotopic (exact) mass is 383 g/mol. The highest BCUT2D eigenvalue weighted by Gasteiger charge is 2.14. The van der Waals surface area contributed by atoms with Gasteiger partial charge in [0.05, 0.1) is 11.5 Å². The largest absolute Gasteiger partial charge is 0.383 e. The van der Waals surface area contributed by atoms with Crippen molar-refractivity contribution >= 4 is 38.7 Å². The highest BCUT2D eigenvalue weighted by atomic mass is 32.2. The normalized spacial score (nSPS) is 11.0. The first-order valence-electron chi connectivity index (χ1n) is 7.33. The minimum absolute atomic E-state index is 0.0142. The fourth-order valence-electron chi connectivity index (χ4n) is 1.89. The van der Waals surface area contributed by atoms with Gasteiger partial charge in [-0.1, -0.05) is 0 Å². The van der Waals surface area contributed by atoms with Gasteiger partial charge in [-0.05, 0) is 60.7 Å². The average molecular weight is 383 g/mol. The van der Waals surface area contributed by atoms with Gasteiger partial charge in [-0.25, -0.2) is 12.8 Å². The molecule has 6 nitrogen and oxygen atoms in total. The van der Waals surface area contributed by atoms with E-state index in [1.165, 1.54) is 12.1 Å². The first-order chi connectivity index (χ1) is 11.9. The fraction of sp³-hybridized carbons (Fsp3) is 0.188. The molecule has 2 rings (SSSR count). The molecule has 9 heteroatoms. The van der Waals surface area contributed by atoms with Crippen molar-refractivity contribution in [2.24, 2.45) is 0 Å². The van der Waals surface area contributed by atoms with Crippen LogP contribution in [0.2, 0.25) is 0 Å². The van der Waals surface area contributed by atoms with Crippen LogP contribution in [0.4, 0.5) is 15.8 Å². The Morgan fingerprint density at radius 2 is 1.68 bits per heavy atom. The summed E-state index contributed by atoms with van der Waals surface area (Å²) in [6.45, 7) is 1.11. The Labute approximate surface area is 151 Å². The number of sulfonamides is 1. The van der Waals surface area contributed by atoms with E-state index in [4.69, 9.17) is 17.0 Å². The van der Waals surface area contributed by atoms with E-state index in [1.54, 1.807) is 31.4 Å². The average Bonchev–Trinajstić information content (AvgIpc) is 2.57. The third-order valence-corrected chi connectivity index (χ3v) is 4.75. The lowest BCUT2D eigenvalue weighted by Gasteiger charge is -2.11. The predicted molar refractivity (Wildman–Crippen MR) is 99.7 cm³/mol. The van der Waals surface area contributed by atoms with E-state index < -0.39 is 15.8 Å². The second-order valence-electron chi connectivity index (χ2n) is 5.01. The van der Waals surface area contributed by atoms with Crippen molar-refractivity contribution in [3.05, 3.63) is 54.3 Å². The Balaban J connectivity index is 1.97. The van der Waals surface area contributed by atoms with Gasteiger partial charge in [0.1, 0.15) is 5.82 Å². The number of methoxy groups -OCH3 is 1. The van der Waals surface area contributed by atoms with Gasteiger partial charge in [0.15, 0.2) is 5.11 Å².